The van der Waals surface area contributed by atoms with Crippen LogP contribution in [0.15, 0.2) is 43.1 Å². The van der Waals surface area contributed by atoms with Crippen LogP contribution in [0.2, 0.25) is 0 Å². The molecule has 1 fully saturated rings. The number of nitrogens with one attached hydrogen (secondary N) is 1. The van der Waals surface area contributed by atoms with Gasteiger partial charge in [0.1, 0.15) is 17.3 Å². The Hall–Kier alpha value is -2.93. The number of nitrogens with zero attached hydrogens (tertiary/aromatic N) is 6. The van der Waals surface area contributed by atoms with Crippen LogP contribution >= 0.6 is 0 Å². The van der Waals surface area contributed by atoms with Crippen LogP contribution in [0.3, 0.4) is 0 Å². The molecule has 7 nitrogen and oxygen atoms in total. The van der Waals surface area contributed by atoms with E-state index in [9.17, 15) is 0 Å². The topological polar surface area (TPSA) is 79.7 Å². The lowest BCUT2D eigenvalue weighted by atomic mass is 9.92. The van der Waals surface area contributed by atoms with Gasteiger partial charge in [0.25, 0.3) is 0 Å². The van der Waals surface area contributed by atoms with Crippen LogP contribution in [-0.2, 0) is 0 Å². The molecule has 3 aromatic rings. The van der Waals surface area contributed by atoms with Crippen LogP contribution < -0.4 is 5.32 Å². The molecular formula is C22H27N7. The van der Waals surface area contributed by atoms with E-state index in [4.69, 9.17) is 9.97 Å². The highest BCUT2D eigenvalue weighted by atomic mass is 15.2. The zero-order valence-electron chi connectivity index (χ0n) is 17.2. The minimum Gasteiger partial charge on any atom is -0.339 e. The van der Waals surface area contributed by atoms with Gasteiger partial charge in [-0.25, -0.2) is 9.97 Å². The van der Waals surface area contributed by atoms with Crippen molar-refractivity contribution in [3.63, 3.8) is 0 Å². The molecule has 29 heavy (non-hydrogen) atoms. The molecule has 4 rings (SSSR count). The van der Waals surface area contributed by atoms with Crippen LogP contribution in [0.25, 0.3) is 11.4 Å². The van der Waals surface area contributed by atoms with Crippen molar-refractivity contribution in [1.82, 2.24) is 29.8 Å². The lowest BCUT2D eigenvalue weighted by molar-refractivity contribution is 0.149. The lowest BCUT2D eigenvalue weighted by Gasteiger charge is -2.36. The van der Waals surface area contributed by atoms with E-state index in [2.05, 4.69) is 45.1 Å². The zero-order chi connectivity index (χ0) is 20.2. The molecule has 0 radical (unpaired) electrons. The average Bonchev–Trinajstić information content (AvgIpc) is 2.74. The van der Waals surface area contributed by atoms with Gasteiger partial charge in [0, 0.05) is 43.2 Å². The maximum Gasteiger partial charge on any atom is 0.135 e. The molecule has 2 atom stereocenters. The molecule has 0 amide bonds. The smallest absolute Gasteiger partial charge is 0.135 e. The van der Waals surface area contributed by atoms with E-state index in [1.165, 1.54) is 0 Å². The van der Waals surface area contributed by atoms with Gasteiger partial charge >= 0.3 is 0 Å². The highest BCUT2D eigenvalue weighted by molar-refractivity contribution is 5.62. The minimum atomic E-state index is 0.305. The number of rotatable bonds is 5. The number of likely N-dealkylation sites (N-methyl/N-ethyl adjacent to an activating group) is 1. The summed E-state index contributed by atoms with van der Waals surface area (Å²) in [5.74, 6) is 1.92. The predicted molar refractivity (Wildman–Crippen MR) is 114 cm³/mol. The predicted octanol–water partition coefficient (Wildman–Crippen LogP) is 3.97. The number of pyridine rings is 1. The third kappa shape index (κ3) is 4.56. The van der Waals surface area contributed by atoms with Gasteiger partial charge in [0.05, 0.1) is 23.8 Å². The first-order valence-corrected chi connectivity index (χ1v) is 10.2. The van der Waals surface area contributed by atoms with Crippen LogP contribution in [-0.4, -0.2) is 49.0 Å². The molecule has 4 heterocycles. The fraction of sp³-hybridized carbons (Fsp3) is 0.409. The Morgan fingerprint density at radius 2 is 1.93 bits per heavy atom. The third-order valence-corrected chi connectivity index (χ3v) is 5.50. The van der Waals surface area contributed by atoms with Crippen molar-refractivity contribution in [3.05, 3.63) is 54.5 Å². The number of hydrogen-bond donors (Lipinski definition) is 1. The van der Waals surface area contributed by atoms with Crippen LogP contribution in [0, 0.1) is 6.92 Å². The molecule has 7 heteroatoms. The summed E-state index contributed by atoms with van der Waals surface area (Å²) in [7, 11) is 0. The molecule has 0 spiro atoms. The maximum absolute atomic E-state index is 4.88. The number of aryl methyl sites for hydroxylation is 1. The molecule has 1 aliphatic rings. The second-order valence-electron chi connectivity index (χ2n) is 7.67. The van der Waals surface area contributed by atoms with Crippen molar-refractivity contribution in [2.45, 2.75) is 45.6 Å². The highest BCUT2D eigenvalue weighted by Gasteiger charge is 2.28. The SMILES string of the molecule is CCN1CC(c2nc(Nc3cncc(C)c3)cc(-c3cnccn3)n2)CCC1C. The van der Waals surface area contributed by atoms with Crippen LogP contribution in [0.5, 0.6) is 0 Å². The Balaban J connectivity index is 1.70. The standard InChI is InChI=1S/C22H27N7/c1-4-29-14-17(6-5-16(29)3)22-27-19(20-13-23-7-8-25-20)10-21(28-22)26-18-9-15(2)11-24-12-18/h7-13,16-17H,4-6,14H2,1-3H3,(H,26,27,28). The molecule has 0 aliphatic carbocycles. The molecular weight excluding hydrogens is 362 g/mol. The maximum atomic E-state index is 4.88. The Morgan fingerprint density at radius 1 is 1.03 bits per heavy atom. The van der Waals surface area contributed by atoms with E-state index < -0.39 is 0 Å². The Bertz CT molecular complexity index is 960. The van der Waals surface area contributed by atoms with Crippen molar-refractivity contribution >= 4 is 11.5 Å². The fourth-order valence-corrected chi connectivity index (χ4v) is 3.88. The number of anilines is 2. The molecule has 0 aromatic carbocycles. The van der Waals surface area contributed by atoms with Gasteiger partial charge in [-0.3, -0.25) is 15.0 Å². The molecule has 0 bridgehead atoms. The Kier molecular flexibility index (Phi) is 5.76. The quantitative estimate of drug-likeness (QED) is 0.707. The average molecular weight is 390 g/mol. The fourth-order valence-electron chi connectivity index (χ4n) is 3.88. The largest absolute Gasteiger partial charge is 0.339 e. The van der Waals surface area contributed by atoms with Gasteiger partial charge in [-0.05, 0) is 44.9 Å². The van der Waals surface area contributed by atoms with Gasteiger partial charge in [0.2, 0.25) is 0 Å². The Labute approximate surface area is 171 Å². The van der Waals surface area contributed by atoms with E-state index in [0.29, 0.717) is 12.0 Å². The van der Waals surface area contributed by atoms with E-state index in [1.54, 1.807) is 24.8 Å². The summed E-state index contributed by atoms with van der Waals surface area (Å²) >= 11 is 0. The summed E-state index contributed by atoms with van der Waals surface area (Å²) in [5.41, 5.74) is 3.54. The number of hydrogen-bond acceptors (Lipinski definition) is 7. The van der Waals surface area contributed by atoms with Crippen LogP contribution in [0.4, 0.5) is 11.5 Å². The first kappa shape index (κ1) is 19.4. The first-order valence-electron chi connectivity index (χ1n) is 10.2. The van der Waals surface area contributed by atoms with Gasteiger partial charge in [-0.2, -0.15) is 0 Å². The minimum absolute atomic E-state index is 0.305. The first-order chi connectivity index (χ1) is 14.1. The molecule has 1 saturated heterocycles. The molecule has 0 saturated carbocycles. The summed E-state index contributed by atoms with van der Waals surface area (Å²) in [6, 6.07) is 4.59. The summed E-state index contributed by atoms with van der Waals surface area (Å²) < 4.78 is 0. The summed E-state index contributed by atoms with van der Waals surface area (Å²) in [6.07, 6.45) is 11.0. The summed E-state index contributed by atoms with van der Waals surface area (Å²) in [6.45, 7) is 8.56. The summed E-state index contributed by atoms with van der Waals surface area (Å²) in [5, 5.41) is 3.39. The van der Waals surface area contributed by atoms with E-state index in [1.807, 2.05) is 19.2 Å². The molecule has 3 aromatic heterocycles. The van der Waals surface area contributed by atoms with Gasteiger partial charge in [0.15, 0.2) is 0 Å². The third-order valence-electron chi connectivity index (χ3n) is 5.50. The number of likely N-dealkylation sites (tertiary alicyclic amines) is 1. The van der Waals surface area contributed by atoms with Crippen LogP contribution in [0.1, 0.15) is 44.0 Å². The van der Waals surface area contributed by atoms with Crippen molar-refractivity contribution in [2.75, 3.05) is 18.4 Å². The second-order valence-corrected chi connectivity index (χ2v) is 7.67. The molecule has 2 unspecified atom stereocenters. The van der Waals surface area contributed by atoms with Crippen molar-refractivity contribution in [3.8, 4) is 11.4 Å². The lowest BCUT2D eigenvalue weighted by Crippen LogP contribution is -2.41. The molecule has 1 N–H and O–H groups in total. The normalized spacial score (nSPS) is 19.8. The number of aromatic nitrogens is 5. The Morgan fingerprint density at radius 3 is 2.69 bits per heavy atom. The van der Waals surface area contributed by atoms with Gasteiger partial charge < -0.3 is 10.2 Å². The molecule has 150 valence electrons. The van der Waals surface area contributed by atoms with E-state index in [0.717, 1.165) is 60.2 Å². The number of piperidine rings is 1. The van der Waals surface area contributed by atoms with Gasteiger partial charge in [-0.15, -0.1) is 0 Å². The van der Waals surface area contributed by atoms with Crippen molar-refractivity contribution in [2.24, 2.45) is 0 Å². The zero-order valence-corrected chi connectivity index (χ0v) is 17.2. The second kappa shape index (κ2) is 8.61. The van der Waals surface area contributed by atoms with Crippen molar-refractivity contribution < 1.29 is 0 Å². The molecule has 1 aliphatic heterocycles. The van der Waals surface area contributed by atoms with Gasteiger partial charge in [-0.1, -0.05) is 6.92 Å². The van der Waals surface area contributed by atoms with E-state index in [-0.39, 0.29) is 0 Å². The highest BCUT2D eigenvalue weighted by Crippen LogP contribution is 2.30. The van der Waals surface area contributed by atoms with Crippen molar-refractivity contribution in [1.29, 1.82) is 0 Å². The summed E-state index contributed by atoms with van der Waals surface area (Å²) in [4.78, 5) is 25.2. The van der Waals surface area contributed by atoms with E-state index >= 15 is 0 Å². The monoisotopic (exact) mass is 389 g/mol.